The van der Waals surface area contributed by atoms with E-state index in [9.17, 15) is 4.79 Å². The summed E-state index contributed by atoms with van der Waals surface area (Å²) < 4.78 is 1.71. The lowest BCUT2D eigenvalue weighted by Gasteiger charge is -2.15. The molecule has 0 amide bonds. The van der Waals surface area contributed by atoms with Crippen LogP contribution in [0.2, 0.25) is 5.02 Å². The SMILES string of the molecule is Cc1cc2c(=O)n(C(C)C)c(-c3cccc(Cl)c3)nc2[nH]1. The molecular weight excluding hydrogens is 286 g/mol. The summed E-state index contributed by atoms with van der Waals surface area (Å²) in [5, 5.41) is 1.24. The molecule has 3 rings (SSSR count). The van der Waals surface area contributed by atoms with Crippen molar-refractivity contribution < 1.29 is 0 Å². The first-order valence-corrected chi connectivity index (χ1v) is 7.23. The lowest BCUT2D eigenvalue weighted by Crippen LogP contribution is -2.24. The Hall–Kier alpha value is -2.07. The number of nitrogens with zero attached hydrogens (tertiary/aromatic N) is 2. The van der Waals surface area contributed by atoms with Crippen molar-refractivity contribution in [1.29, 1.82) is 0 Å². The van der Waals surface area contributed by atoms with E-state index in [1.54, 1.807) is 10.6 Å². The smallest absolute Gasteiger partial charge is 0.263 e. The number of hydrogen-bond acceptors (Lipinski definition) is 2. The Morgan fingerprint density at radius 2 is 2.05 bits per heavy atom. The van der Waals surface area contributed by atoms with E-state index >= 15 is 0 Å². The Kier molecular flexibility index (Phi) is 3.33. The third kappa shape index (κ3) is 2.36. The van der Waals surface area contributed by atoms with Gasteiger partial charge in [0.25, 0.3) is 5.56 Å². The van der Waals surface area contributed by atoms with E-state index < -0.39 is 0 Å². The highest BCUT2D eigenvalue weighted by molar-refractivity contribution is 6.30. The zero-order chi connectivity index (χ0) is 15.1. The second-order valence-electron chi connectivity index (χ2n) is 5.43. The highest BCUT2D eigenvalue weighted by Gasteiger charge is 2.16. The number of aryl methyl sites for hydroxylation is 1. The number of aromatic nitrogens is 3. The van der Waals surface area contributed by atoms with Crippen LogP contribution in [0.3, 0.4) is 0 Å². The van der Waals surface area contributed by atoms with E-state index in [2.05, 4.69) is 9.97 Å². The third-order valence-electron chi connectivity index (χ3n) is 3.43. The summed E-state index contributed by atoms with van der Waals surface area (Å²) in [6, 6.07) is 9.25. The van der Waals surface area contributed by atoms with E-state index in [0.717, 1.165) is 11.3 Å². The maximum absolute atomic E-state index is 12.7. The Bertz CT molecular complexity index is 877. The summed E-state index contributed by atoms with van der Waals surface area (Å²) in [6.07, 6.45) is 0. The van der Waals surface area contributed by atoms with Crippen molar-refractivity contribution in [3.05, 3.63) is 51.4 Å². The monoisotopic (exact) mass is 301 g/mol. The molecule has 2 aromatic heterocycles. The topological polar surface area (TPSA) is 50.7 Å². The summed E-state index contributed by atoms with van der Waals surface area (Å²) in [5.41, 5.74) is 2.34. The first kappa shape index (κ1) is 13.9. The van der Waals surface area contributed by atoms with Crippen LogP contribution in [-0.2, 0) is 0 Å². The molecule has 21 heavy (non-hydrogen) atoms. The van der Waals surface area contributed by atoms with Crippen molar-refractivity contribution in [3.63, 3.8) is 0 Å². The maximum atomic E-state index is 12.7. The minimum absolute atomic E-state index is 0.0126. The predicted octanol–water partition coefficient (Wildman–Crippen LogP) is 3.93. The largest absolute Gasteiger partial charge is 0.343 e. The van der Waals surface area contributed by atoms with Crippen LogP contribution in [0.25, 0.3) is 22.4 Å². The second-order valence-corrected chi connectivity index (χ2v) is 5.87. The zero-order valence-corrected chi connectivity index (χ0v) is 12.9. The molecule has 0 saturated carbocycles. The number of aromatic amines is 1. The van der Waals surface area contributed by atoms with Gasteiger partial charge in [-0.2, -0.15) is 0 Å². The quantitative estimate of drug-likeness (QED) is 0.779. The van der Waals surface area contributed by atoms with Gasteiger partial charge in [-0.3, -0.25) is 9.36 Å². The molecule has 0 aliphatic heterocycles. The van der Waals surface area contributed by atoms with Gasteiger partial charge in [0, 0.05) is 22.3 Å². The fraction of sp³-hybridized carbons (Fsp3) is 0.250. The Morgan fingerprint density at radius 3 is 2.71 bits per heavy atom. The Morgan fingerprint density at radius 1 is 1.29 bits per heavy atom. The first-order chi connectivity index (χ1) is 9.97. The van der Waals surface area contributed by atoms with Crippen LogP contribution >= 0.6 is 11.6 Å². The van der Waals surface area contributed by atoms with Gasteiger partial charge in [0.15, 0.2) is 0 Å². The van der Waals surface area contributed by atoms with Crippen LogP contribution < -0.4 is 5.56 Å². The van der Waals surface area contributed by atoms with Gasteiger partial charge in [0.1, 0.15) is 11.5 Å². The highest BCUT2D eigenvalue weighted by atomic mass is 35.5. The summed E-state index contributed by atoms with van der Waals surface area (Å²) in [5.74, 6) is 0.631. The maximum Gasteiger partial charge on any atom is 0.263 e. The molecule has 108 valence electrons. The highest BCUT2D eigenvalue weighted by Crippen LogP contribution is 2.24. The van der Waals surface area contributed by atoms with Gasteiger partial charge in [-0.15, -0.1) is 0 Å². The van der Waals surface area contributed by atoms with Crippen molar-refractivity contribution in [2.24, 2.45) is 0 Å². The molecule has 2 heterocycles. The number of benzene rings is 1. The van der Waals surface area contributed by atoms with Crippen LogP contribution in [0.4, 0.5) is 0 Å². The molecule has 0 atom stereocenters. The average Bonchev–Trinajstić information content (AvgIpc) is 2.79. The van der Waals surface area contributed by atoms with Crippen molar-refractivity contribution in [2.75, 3.05) is 0 Å². The molecule has 0 bridgehead atoms. The Labute approximate surface area is 127 Å². The van der Waals surface area contributed by atoms with Crippen LogP contribution in [0.1, 0.15) is 25.6 Å². The summed E-state index contributed by atoms with van der Waals surface area (Å²) in [6.45, 7) is 5.87. The lowest BCUT2D eigenvalue weighted by molar-refractivity contribution is 0.581. The standard InChI is InChI=1S/C16H16ClN3O/c1-9(2)20-15(11-5-4-6-12(17)8-11)19-14-13(16(20)21)7-10(3)18-14/h4-9,18H,1-3H3. The molecular formula is C16H16ClN3O. The van der Waals surface area contributed by atoms with Crippen LogP contribution in [-0.4, -0.2) is 14.5 Å². The van der Waals surface area contributed by atoms with Gasteiger partial charge in [0.2, 0.25) is 0 Å². The fourth-order valence-corrected chi connectivity index (χ4v) is 2.71. The number of H-pyrrole nitrogens is 1. The van der Waals surface area contributed by atoms with Gasteiger partial charge >= 0.3 is 0 Å². The number of nitrogens with one attached hydrogen (secondary N) is 1. The first-order valence-electron chi connectivity index (χ1n) is 6.85. The predicted molar refractivity (Wildman–Crippen MR) is 85.9 cm³/mol. The van der Waals surface area contributed by atoms with E-state index in [4.69, 9.17) is 11.6 Å². The summed E-state index contributed by atoms with van der Waals surface area (Å²) in [4.78, 5) is 20.5. The number of hydrogen-bond donors (Lipinski definition) is 1. The zero-order valence-electron chi connectivity index (χ0n) is 12.1. The van der Waals surface area contributed by atoms with Crippen LogP contribution in [0.15, 0.2) is 35.1 Å². The molecule has 0 aliphatic carbocycles. The molecule has 0 saturated heterocycles. The molecule has 5 heteroatoms. The molecule has 3 aromatic rings. The van der Waals surface area contributed by atoms with Gasteiger partial charge in [-0.05, 0) is 39.0 Å². The van der Waals surface area contributed by atoms with Crippen LogP contribution in [0, 0.1) is 6.92 Å². The van der Waals surface area contributed by atoms with Gasteiger partial charge in [-0.1, -0.05) is 23.7 Å². The minimum Gasteiger partial charge on any atom is -0.343 e. The second kappa shape index (κ2) is 5.04. The van der Waals surface area contributed by atoms with E-state index in [-0.39, 0.29) is 11.6 Å². The van der Waals surface area contributed by atoms with Gasteiger partial charge < -0.3 is 4.98 Å². The fourth-order valence-electron chi connectivity index (χ4n) is 2.52. The molecule has 1 aromatic carbocycles. The normalized spacial score (nSPS) is 11.5. The van der Waals surface area contributed by atoms with E-state index in [1.165, 1.54) is 0 Å². The minimum atomic E-state index is -0.0330. The molecule has 0 aliphatic rings. The van der Waals surface area contributed by atoms with Crippen LogP contribution in [0.5, 0.6) is 0 Å². The number of rotatable bonds is 2. The number of fused-ring (bicyclic) bond motifs is 1. The van der Waals surface area contributed by atoms with E-state index in [1.807, 2.05) is 45.0 Å². The molecule has 0 fully saturated rings. The molecule has 1 N–H and O–H groups in total. The van der Waals surface area contributed by atoms with Gasteiger partial charge in [-0.25, -0.2) is 4.98 Å². The molecule has 0 unspecified atom stereocenters. The third-order valence-corrected chi connectivity index (χ3v) is 3.66. The lowest BCUT2D eigenvalue weighted by atomic mass is 10.2. The van der Waals surface area contributed by atoms with Crippen molar-refractivity contribution in [2.45, 2.75) is 26.8 Å². The average molecular weight is 302 g/mol. The van der Waals surface area contributed by atoms with Gasteiger partial charge in [0.05, 0.1) is 5.39 Å². The molecule has 0 radical (unpaired) electrons. The van der Waals surface area contributed by atoms with Crippen molar-refractivity contribution in [1.82, 2.24) is 14.5 Å². The number of halogens is 1. The van der Waals surface area contributed by atoms with E-state index in [0.29, 0.717) is 21.9 Å². The molecule has 4 nitrogen and oxygen atoms in total. The molecule has 0 spiro atoms. The summed E-state index contributed by atoms with van der Waals surface area (Å²) >= 11 is 6.07. The van der Waals surface area contributed by atoms with Crippen molar-refractivity contribution >= 4 is 22.6 Å². The summed E-state index contributed by atoms with van der Waals surface area (Å²) in [7, 11) is 0. The van der Waals surface area contributed by atoms with Crippen molar-refractivity contribution in [3.8, 4) is 11.4 Å². The Balaban J connectivity index is 2.40.